The molecule has 1 saturated heterocycles. The van der Waals surface area contributed by atoms with Crippen molar-refractivity contribution < 1.29 is 5.11 Å². The van der Waals surface area contributed by atoms with Gasteiger partial charge in [0.15, 0.2) is 0 Å². The summed E-state index contributed by atoms with van der Waals surface area (Å²) in [7, 11) is 1.89. The first-order valence-electron chi connectivity index (χ1n) is 5.02. The third-order valence-corrected chi connectivity index (χ3v) is 3.95. The molecule has 1 unspecified atom stereocenters. The number of aliphatic hydroxyl groups excluding tert-OH is 1. The first kappa shape index (κ1) is 10.1. The molecule has 1 aromatic rings. The maximum atomic E-state index is 9.06. The Morgan fingerprint density at radius 2 is 2.57 bits per heavy atom. The van der Waals surface area contributed by atoms with Gasteiger partial charge in [-0.15, -0.1) is 0 Å². The van der Waals surface area contributed by atoms with Crippen LogP contribution in [0.25, 0.3) is 0 Å². The van der Waals surface area contributed by atoms with E-state index in [2.05, 4.69) is 5.10 Å². The number of nitrogens with zero attached hydrogens (tertiary/aromatic N) is 2. The van der Waals surface area contributed by atoms with Crippen LogP contribution in [0.2, 0.25) is 0 Å². The van der Waals surface area contributed by atoms with Crippen molar-refractivity contribution in [3.05, 3.63) is 17.5 Å². The topological polar surface area (TPSA) is 38.0 Å². The molecule has 1 aliphatic heterocycles. The summed E-state index contributed by atoms with van der Waals surface area (Å²) < 4.78 is 1.79. The zero-order chi connectivity index (χ0) is 9.97. The smallest absolute Gasteiger partial charge is 0.0849 e. The molecule has 1 atom stereocenters. The molecule has 0 spiro atoms. The minimum atomic E-state index is 0.0867. The lowest BCUT2D eigenvalue weighted by molar-refractivity contribution is 0.270. The van der Waals surface area contributed by atoms with Crippen LogP contribution in [0.1, 0.15) is 30.1 Å². The Hall–Kier alpha value is -0.480. The van der Waals surface area contributed by atoms with Crippen molar-refractivity contribution in [3.63, 3.8) is 0 Å². The molecule has 14 heavy (non-hydrogen) atoms. The van der Waals surface area contributed by atoms with Gasteiger partial charge >= 0.3 is 0 Å². The average molecular weight is 212 g/mol. The minimum Gasteiger partial charge on any atom is -0.390 e. The van der Waals surface area contributed by atoms with Gasteiger partial charge in [-0.25, -0.2) is 0 Å². The number of hydrogen-bond donors (Lipinski definition) is 1. The number of aliphatic hydroxyl groups is 1. The summed E-state index contributed by atoms with van der Waals surface area (Å²) >= 11 is 2.01. The van der Waals surface area contributed by atoms with E-state index in [1.165, 1.54) is 24.3 Å². The molecule has 0 saturated carbocycles. The molecule has 0 bridgehead atoms. The van der Waals surface area contributed by atoms with Gasteiger partial charge in [0, 0.05) is 18.7 Å². The highest BCUT2D eigenvalue weighted by Gasteiger charge is 2.19. The fourth-order valence-corrected chi connectivity index (χ4v) is 3.01. The van der Waals surface area contributed by atoms with E-state index < -0.39 is 0 Å². The van der Waals surface area contributed by atoms with Gasteiger partial charge in [-0.2, -0.15) is 16.9 Å². The van der Waals surface area contributed by atoms with E-state index in [9.17, 15) is 0 Å². The van der Waals surface area contributed by atoms with E-state index in [0.717, 1.165) is 11.4 Å². The summed E-state index contributed by atoms with van der Waals surface area (Å²) in [5, 5.41) is 13.5. The van der Waals surface area contributed by atoms with Crippen LogP contribution in [0, 0.1) is 0 Å². The number of hydrogen-bond acceptors (Lipinski definition) is 3. The van der Waals surface area contributed by atoms with Crippen LogP contribution in [-0.4, -0.2) is 26.4 Å². The molecule has 1 fully saturated rings. The quantitative estimate of drug-likeness (QED) is 0.808. The largest absolute Gasteiger partial charge is 0.390 e. The third-order valence-electron chi connectivity index (χ3n) is 2.74. The summed E-state index contributed by atoms with van der Waals surface area (Å²) in [5.41, 5.74) is 2.07. The fraction of sp³-hybridized carbons (Fsp3) is 0.700. The molecule has 0 aliphatic carbocycles. The predicted molar refractivity (Wildman–Crippen MR) is 58.4 cm³/mol. The second-order valence-corrected chi connectivity index (χ2v) is 4.91. The Balaban J connectivity index is 2.14. The van der Waals surface area contributed by atoms with Gasteiger partial charge in [-0.1, -0.05) is 0 Å². The van der Waals surface area contributed by atoms with Crippen molar-refractivity contribution in [2.75, 3.05) is 11.5 Å². The molecule has 2 heterocycles. The van der Waals surface area contributed by atoms with Crippen LogP contribution in [0.15, 0.2) is 6.07 Å². The van der Waals surface area contributed by atoms with Gasteiger partial charge in [0.25, 0.3) is 0 Å². The van der Waals surface area contributed by atoms with Crippen molar-refractivity contribution in [2.24, 2.45) is 7.05 Å². The van der Waals surface area contributed by atoms with Crippen molar-refractivity contribution in [2.45, 2.75) is 25.4 Å². The standard InChI is InChI=1S/C10H16N2OS/c1-12-9(6-13)5-10(11-12)8-3-2-4-14-7-8/h5,8,13H,2-4,6-7H2,1H3. The van der Waals surface area contributed by atoms with Gasteiger partial charge in [-0.05, 0) is 24.7 Å². The Kier molecular flexibility index (Phi) is 3.13. The summed E-state index contributed by atoms with van der Waals surface area (Å²) in [6.07, 6.45) is 2.54. The van der Waals surface area contributed by atoms with E-state index in [1.807, 2.05) is 24.9 Å². The molecule has 0 radical (unpaired) electrons. The predicted octanol–water partition coefficient (Wildman–Crippen LogP) is 1.52. The fourth-order valence-electron chi connectivity index (χ4n) is 1.85. The lowest BCUT2D eigenvalue weighted by atomic mass is 10.0. The van der Waals surface area contributed by atoms with Crippen molar-refractivity contribution in [3.8, 4) is 0 Å². The third kappa shape index (κ3) is 1.96. The summed E-state index contributed by atoms with van der Waals surface area (Å²) in [6, 6.07) is 2.04. The molecular weight excluding hydrogens is 196 g/mol. The highest BCUT2D eigenvalue weighted by Crippen LogP contribution is 2.30. The number of aryl methyl sites for hydroxylation is 1. The monoisotopic (exact) mass is 212 g/mol. The van der Waals surface area contributed by atoms with Crippen molar-refractivity contribution >= 4 is 11.8 Å². The summed E-state index contributed by atoms with van der Waals surface area (Å²) in [6.45, 7) is 0.0867. The van der Waals surface area contributed by atoms with Gasteiger partial charge < -0.3 is 5.11 Å². The summed E-state index contributed by atoms with van der Waals surface area (Å²) in [5.74, 6) is 3.07. The van der Waals surface area contributed by atoms with E-state index >= 15 is 0 Å². The first-order valence-corrected chi connectivity index (χ1v) is 6.18. The van der Waals surface area contributed by atoms with Crippen LogP contribution < -0.4 is 0 Å². The van der Waals surface area contributed by atoms with Gasteiger partial charge in [0.1, 0.15) is 0 Å². The molecule has 0 amide bonds. The maximum Gasteiger partial charge on any atom is 0.0849 e. The maximum absolute atomic E-state index is 9.06. The van der Waals surface area contributed by atoms with E-state index in [-0.39, 0.29) is 6.61 Å². The number of thioether (sulfide) groups is 1. The van der Waals surface area contributed by atoms with Crippen molar-refractivity contribution in [1.82, 2.24) is 9.78 Å². The molecule has 3 nitrogen and oxygen atoms in total. The van der Waals surface area contributed by atoms with Gasteiger partial charge in [-0.3, -0.25) is 4.68 Å². The normalized spacial score (nSPS) is 22.6. The molecular formula is C10H16N2OS. The Morgan fingerprint density at radius 3 is 3.14 bits per heavy atom. The van der Waals surface area contributed by atoms with Crippen LogP contribution in [0.4, 0.5) is 0 Å². The molecule has 1 N–H and O–H groups in total. The zero-order valence-electron chi connectivity index (χ0n) is 8.44. The van der Waals surface area contributed by atoms with Crippen LogP contribution in [0.5, 0.6) is 0 Å². The second-order valence-electron chi connectivity index (χ2n) is 3.76. The first-order chi connectivity index (χ1) is 6.81. The van der Waals surface area contributed by atoms with E-state index in [0.29, 0.717) is 5.92 Å². The highest BCUT2D eigenvalue weighted by molar-refractivity contribution is 7.99. The SMILES string of the molecule is Cn1nc(C2CCCSC2)cc1CO. The number of rotatable bonds is 2. The Bertz CT molecular complexity index is 305. The zero-order valence-corrected chi connectivity index (χ0v) is 9.26. The van der Waals surface area contributed by atoms with Crippen molar-refractivity contribution in [1.29, 1.82) is 0 Å². The number of aromatic nitrogens is 2. The Labute approximate surface area is 88.5 Å². The molecule has 1 aliphatic rings. The van der Waals surface area contributed by atoms with E-state index in [4.69, 9.17) is 5.11 Å². The molecule has 4 heteroatoms. The molecule has 2 rings (SSSR count). The van der Waals surface area contributed by atoms with Gasteiger partial charge in [0.2, 0.25) is 0 Å². The van der Waals surface area contributed by atoms with Gasteiger partial charge in [0.05, 0.1) is 18.0 Å². The van der Waals surface area contributed by atoms with Crippen LogP contribution >= 0.6 is 11.8 Å². The molecule has 0 aromatic carbocycles. The molecule has 1 aromatic heterocycles. The second kappa shape index (κ2) is 4.36. The lowest BCUT2D eigenvalue weighted by Gasteiger charge is -2.18. The van der Waals surface area contributed by atoms with Crippen LogP contribution in [0.3, 0.4) is 0 Å². The minimum absolute atomic E-state index is 0.0867. The summed E-state index contributed by atoms with van der Waals surface area (Å²) in [4.78, 5) is 0. The lowest BCUT2D eigenvalue weighted by Crippen LogP contribution is -2.09. The van der Waals surface area contributed by atoms with E-state index in [1.54, 1.807) is 4.68 Å². The highest BCUT2D eigenvalue weighted by atomic mass is 32.2. The van der Waals surface area contributed by atoms with Crippen LogP contribution in [-0.2, 0) is 13.7 Å². The average Bonchev–Trinajstić information content (AvgIpc) is 2.61. The molecule has 78 valence electrons. The Morgan fingerprint density at radius 1 is 1.71 bits per heavy atom.